The van der Waals surface area contributed by atoms with E-state index in [0.29, 0.717) is 43.5 Å². The Hall–Kier alpha value is -0.510. The molecule has 0 aliphatic carbocycles. The zero-order chi connectivity index (χ0) is 13.9. The van der Waals surface area contributed by atoms with Crippen LogP contribution in [-0.2, 0) is 16.6 Å². The molecule has 1 aliphatic rings. The van der Waals surface area contributed by atoms with Crippen molar-refractivity contribution in [2.45, 2.75) is 10.8 Å². The highest BCUT2D eigenvalue weighted by atomic mass is 32.2. The van der Waals surface area contributed by atoms with E-state index in [1.54, 1.807) is 12.1 Å². The molecule has 0 unspecified atom stereocenters. The standard InChI is InChI=1S/C11H19N3O3S2/c12-9-10-1-2-11(18-10)19(16,17)14-5-3-13(4-6-14)7-8-15/h1-2,15H,3-9,12H2. The molecule has 0 atom stereocenters. The molecular weight excluding hydrogens is 286 g/mol. The Balaban J connectivity index is 2.05. The van der Waals surface area contributed by atoms with E-state index in [2.05, 4.69) is 4.90 Å². The van der Waals surface area contributed by atoms with Crippen LogP contribution >= 0.6 is 11.3 Å². The van der Waals surface area contributed by atoms with Crippen molar-refractivity contribution in [1.82, 2.24) is 9.21 Å². The molecule has 0 bridgehead atoms. The van der Waals surface area contributed by atoms with Gasteiger partial charge in [0.2, 0.25) is 0 Å². The summed E-state index contributed by atoms with van der Waals surface area (Å²) in [5.74, 6) is 0. The number of nitrogens with zero attached hydrogens (tertiary/aromatic N) is 2. The fraction of sp³-hybridized carbons (Fsp3) is 0.636. The third kappa shape index (κ3) is 3.33. The van der Waals surface area contributed by atoms with Crippen molar-refractivity contribution < 1.29 is 13.5 Å². The first kappa shape index (κ1) is 14.9. The largest absolute Gasteiger partial charge is 0.395 e. The van der Waals surface area contributed by atoms with Gasteiger partial charge in [-0.1, -0.05) is 0 Å². The highest BCUT2D eigenvalue weighted by Crippen LogP contribution is 2.25. The van der Waals surface area contributed by atoms with Gasteiger partial charge in [-0.3, -0.25) is 4.90 Å². The van der Waals surface area contributed by atoms with E-state index in [4.69, 9.17) is 10.8 Å². The normalized spacial score (nSPS) is 18.8. The van der Waals surface area contributed by atoms with Crippen LogP contribution in [0.25, 0.3) is 0 Å². The summed E-state index contributed by atoms with van der Waals surface area (Å²) in [4.78, 5) is 2.93. The number of thiophene rings is 1. The maximum absolute atomic E-state index is 12.4. The summed E-state index contributed by atoms with van der Waals surface area (Å²) < 4.78 is 26.7. The molecule has 0 aromatic carbocycles. The molecule has 19 heavy (non-hydrogen) atoms. The molecule has 108 valence electrons. The zero-order valence-corrected chi connectivity index (χ0v) is 12.3. The van der Waals surface area contributed by atoms with Crippen LogP contribution in [0.4, 0.5) is 0 Å². The highest BCUT2D eigenvalue weighted by Gasteiger charge is 2.29. The smallest absolute Gasteiger partial charge is 0.252 e. The maximum Gasteiger partial charge on any atom is 0.252 e. The predicted octanol–water partition coefficient (Wildman–Crippen LogP) is -0.495. The van der Waals surface area contributed by atoms with E-state index in [9.17, 15) is 8.42 Å². The second-order valence-electron chi connectivity index (χ2n) is 4.39. The minimum atomic E-state index is -3.38. The Bertz CT molecular complexity index is 507. The van der Waals surface area contributed by atoms with Crippen LogP contribution in [0.2, 0.25) is 0 Å². The number of sulfonamides is 1. The number of aliphatic hydroxyl groups is 1. The van der Waals surface area contributed by atoms with Crippen LogP contribution in [0.15, 0.2) is 16.3 Å². The molecule has 0 saturated carbocycles. The molecule has 0 radical (unpaired) electrons. The molecule has 6 nitrogen and oxygen atoms in total. The second kappa shape index (κ2) is 6.29. The maximum atomic E-state index is 12.4. The molecule has 1 saturated heterocycles. The Kier molecular flexibility index (Phi) is 4.93. The quantitative estimate of drug-likeness (QED) is 0.766. The van der Waals surface area contributed by atoms with Crippen LogP contribution in [-0.4, -0.2) is 62.1 Å². The Morgan fingerprint density at radius 1 is 1.26 bits per heavy atom. The second-order valence-corrected chi connectivity index (χ2v) is 7.73. The van der Waals surface area contributed by atoms with Crippen molar-refractivity contribution in [2.24, 2.45) is 5.73 Å². The number of β-amino-alcohol motifs (C(OH)–C–C–N with tert-alkyl or cyclic N) is 1. The SMILES string of the molecule is NCc1ccc(S(=O)(=O)N2CCN(CCO)CC2)s1. The minimum Gasteiger partial charge on any atom is -0.395 e. The van der Waals surface area contributed by atoms with Gasteiger partial charge < -0.3 is 10.8 Å². The molecule has 1 aliphatic heterocycles. The Labute approximate surface area is 117 Å². The van der Waals surface area contributed by atoms with E-state index in [-0.39, 0.29) is 6.61 Å². The molecule has 1 aromatic rings. The zero-order valence-electron chi connectivity index (χ0n) is 10.7. The summed E-state index contributed by atoms with van der Waals surface area (Å²) in [6.45, 7) is 3.34. The fourth-order valence-corrected chi connectivity index (χ4v) is 4.88. The third-order valence-corrected chi connectivity index (χ3v) is 6.65. The Morgan fingerprint density at radius 3 is 2.47 bits per heavy atom. The first-order valence-electron chi connectivity index (χ1n) is 6.20. The fourth-order valence-electron chi connectivity index (χ4n) is 2.07. The van der Waals surface area contributed by atoms with Crippen molar-refractivity contribution in [2.75, 3.05) is 39.3 Å². The first-order chi connectivity index (χ1) is 9.07. The van der Waals surface area contributed by atoms with Gasteiger partial charge in [0.05, 0.1) is 6.61 Å². The lowest BCUT2D eigenvalue weighted by Gasteiger charge is -2.33. The van der Waals surface area contributed by atoms with E-state index >= 15 is 0 Å². The van der Waals surface area contributed by atoms with Crippen molar-refractivity contribution in [1.29, 1.82) is 0 Å². The average Bonchev–Trinajstić information content (AvgIpc) is 2.89. The van der Waals surface area contributed by atoms with Gasteiger partial charge in [0, 0.05) is 44.1 Å². The van der Waals surface area contributed by atoms with Crippen molar-refractivity contribution >= 4 is 21.4 Å². The van der Waals surface area contributed by atoms with E-state index in [1.165, 1.54) is 15.6 Å². The van der Waals surface area contributed by atoms with Gasteiger partial charge in [-0.25, -0.2) is 8.42 Å². The van der Waals surface area contributed by atoms with Gasteiger partial charge in [0.15, 0.2) is 0 Å². The van der Waals surface area contributed by atoms with E-state index in [0.717, 1.165) is 4.88 Å². The summed E-state index contributed by atoms with van der Waals surface area (Å²) in [5.41, 5.74) is 5.51. The lowest BCUT2D eigenvalue weighted by atomic mass is 10.4. The van der Waals surface area contributed by atoms with Gasteiger partial charge >= 0.3 is 0 Å². The third-order valence-electron chi connectivity index (χ3n) is 3.18. The molecule has 2 rings (SSSR count). The molecule has 0 spiro atoms. The van der Waals surface area contributed by atoms with Crippen LogP contribution in [0.5, 0.6) is 0 Å². The molecular formula is C11H19N3O3S2. The van der Waals surface area contributed by atoms with Gasteiger partial charge in [0.25, 0.3) is 10.0 Å². The number of nitrogens with two attached hydrogens (primary N) is 1. The number of piperazine rings is 1. The summed E-state index contributed by atoms with van der Waals surface area (Å²) in [5, 5.41) is 8.87. The van der Waals surface area contributed by atoms with Gasteiger partial charge in [0.1, 0.15) is 4.21 Å². The monoisotopic (exact) mass is 305 g/mol. The number of aliphatic hydroxyl groups excluding tert-OH is 1. The van der Waals surface area contributed by atoms with Crippen LogP contribution in [0.1, 0.15) is 4.88 Å². The number of rotatable bonds is 5. The van der Waals surface area contributed by atoms with Gasteiger partial charge in [-0.05, 0) is 12.1 Å². The van der Waals surface area contributed by atoms with E-state index < -0.39 is 10.0 Å². The summed E-state index contributed by atoms with van der Waals surface area (Å²) >= 11 is 1.24. The molecule has 1 aromatic heterocycles. The van der Waals surface area contributed by atoms with Crippen LogP contribution in [0, 0.1) is 0 Å². The first-order valence-corrected chi connectivity index (χ1v) is 8.45. The molecule has 0 amide bonds. The van der Waals surface area contributed by atoms with Crippen molar-refractivity contribution in [3.8, 4) is 0 Å². The van der Waals surface area contributed by atoms with Gasteiger partial charge in [-0.2, -0.15) is 4.31 Å². The highest BCUT2D eigenvalue weighted by molar-refractivity contribution is 7.91. The predicted molar refractivity (Wildman–Crippen MR) is 74.5 cm³/mol. The lowest BCUT2D eigenvalue weighted by molar-refractivity contribution is 0.151. The van der Waals surface area contributed by atoms with E-state index in [1.807, 2.05) is 0 Å². The minimum absolute atomic E-state index is 0.109. The molecule has 8 heteroatoms. The number of hydrogen-bond acceptors (Lipinski definition) is 6. The molecule has 1 fully saturated rings. The van der Waals surface area contributed by atoms with Crippen molar-refractivity contribution in [3.05, 3.63) is 17.0 Å². The average molecular weight is 305 g/mol. The number of hydrogen-bond donors (Lipinski definition) is 2. The lowest BCUT2D eigenvalue weighted by Crippen LogP contribution is -2.49. The topological polar surface area (TPSA) is 86.9 Å². The van der Waals surface area contributed by atoms with Crippen LogP contribution in [0.3, 0.4) is 0 Å². The van der Waals surface area contributed by atoms with Crippen molar-refractivity contribution in [3.63, 3.8) is 0 Å². The molecule has 2 heterocycles. The van der Waals surface area contributed by atoms with Gasteiger partial charge in [-0.15, -0.1) is 11.3 Å². The summed E-state index contributed by atoms with van der Waals surface area (Å²) in [6, 6.07) is 3.39. The van der Waals surface area contributed by atoms with Crippen LogP contribution < -0.4 is 5.73 Å². The summed E-state index contributed by atoms with van der Waals surface area (Å²) in [6.07, 6.45) is 0. The molecule has 3 N–H and O–H groups in total. The Morgan fingerprint density at radius 2 is 1.95 bits per heavy atom. The summed E-state index contributed by atoms with van der Waals surface area (Å²) in [7, 11) is -3.38.